The highest BCUT2D eigenvalue weighted by Crippen LogP contribution is 2.18. The number of hydrogen-bond acceptors (Lipinski definition) is 2. The minimum absolute atomic E-state index is 0.0579. The molecule has 0 spiro atoms. The van der Waals surface area contributed by atoms with Crippen LogP contribution in [0.15, 0.2) is 18.2 Å². The van der Waals surface area contributed by atoms with Crippen molar-refractivity contribution in [2.45, 2.75) is 0 Å². The lowest BCUT2D eigenvalue weighted by atomic mass is 10.3. The highest BCUT2D eigenvalue weighted by atomic mass is 19.1. The zero-order valence-electron chi connectivity index (χ0n) is 6.38. The molecule has 62 valence electrons. The lowest BCUT2D eigenvalue weighted by Gasteiger charge is -2.08. The monoisotopic (exact) mass is 168 g/mol. The number of benzene rings is 1. The molecule has 12 heavy (non-hydrogen) atoms. The summed E-state index contributed by atoms with van der Waals surface area (Å²) < 4.78 is 25.4. The maximum atomic E-state index is 12.8. The van der Waals surface area contributed by atoms with Crippen LogP contribution in [0.2, 0.25) is 0 Å². The molecule has 0 radical (unpaired) electrons. The van der Waals surface area contributed by atoms with Crippen LogP contribution in [0, 0.1) is 23.1 Å². The van der Waals surface area contributed by atoms with E-state index in [0.29, 0.717) is 0 Å². The molecular formula is C8H6F2N2. The largest absolute Gasteiger partial charge is 0.279 e. The topological polar surface area (TPSA) is 27.0 Å². The first-order valence-corrected chi connectivity index (χ1v) is 3.23. The summed E-state index contributed by atoms with van der Waals surface area (Å²) in [7, 11) is 1.36. The summed E-state index contributed by atoms with van der Waals surface area (Å²) in [6, 6.07) is 2.96. The van der Waals surface area contributed by atoms with Gasteiger partial charge in [0.05, 0.1) is 5.69 Å². The standard InChI is InChI=1S/C8H6F2N2/c1-12(5-11)8-4-6(9)2-3-7(8)10/h2-4H,1H3. The molecule has 0 aliphatic carbocycles. The van der Waals surface area contributed by atoms with Gasteiger partial charge in [-0.1, -0.05) is 0 Å². The lowest BCUT2D eigenvalue weighted by molar-refractivity contribution is 0.600. The summed E-state index contributed by atoms with van der Waals surface area (Å²) in [6.07, 6.45) is 1.68. The van der Waals surface area contributed by atoms with Crippen molar-refractivity contribution in [3.63, 3.8) is 0 Å². The fraction of sp³-hybridized carbons (Fsp3) is 0.125. The second-order valence-corrected chi connectivity index (χ2v) is 2.25. The van der Waals surface area contributed by atoms with Crippen LogP contribution in [0.3, 0.4) is 0 Å². The van der Waals surface area contributed by atoms with Gasteiger partial charge in [-0.25, -0.2) is 8.78 Å². The van der Waals surface area contributed by atoms with Gasteiger partial charge in [-0.3, -0.25) is 4.90 Å². The Morgan fingerprint density at radius 3 is 2.67 bits per heavy atom. The summed E-state index contributed by atoms with van der Waals surface area (Å²) >= 11 is 0. The quantitative estimate of drug-likeness (QED) is 0.473. The highest BCUT2D eigenvalue weighted by Gasteiger charge is 2.07. The van der Waals surface area contributed by atoms with E-state index in [1.165, 1.54) is 7.05 Å². The molecule has 0 aliphatic rings. The number of nitrogens with zero attached hydrogens (tertiary/aromatic N) is 2. The van der Waals surface area contributed by atoms with Gasteiger partial charge < -0.3 is 0 Å². The van der Waals surface area contributed by atoms with E-state index in [-0.39, 0.29) is 5.69 Å². The molecule has 0 heterocycles. The van der Waals surface area contributed by atoms with Crippen molar-refractivity contribution < 1.29 is 8.78 Å². The van der Waals surface area contributed by atoms with Crippen molar-refractivity contribution in [3.05, 3.63) is 29.8 Å². The van der Waals surface area contributed by atoms with Crippen molar-refractivity contribution >= 4 is 5.69 Å². The Bertz CT molecular complexity index is 330. The number of halogens is 2. The Morgan fingerprint density at radius 2 is 2.08 bits per heavy atom. The SMILES string of the molecule is CN(C#N)c1cc(F)ccc1F. The van der Waals surface area contributed by atoms with Crippen molar-refractivity contribution in [1.29, 1.82) is 5.26 Å². The molecule has 1 aromatic rings. The van der Waals surface area contributed by atoms with Crippen LogP contribution in [0.25, 0.3) is 0 Å². The second kappa shape index (κ2) is 3.18. The maximum Gasteiger partial charge on any atom is 0.184 e. The number of hydrogen-bond donors (Lipinski definition) is 0. The molecule has 0 bridgehead atoms. The summed E-state index contributed by atoms with van der Waals surface area (Å²) in [4.78, 5) is 0.957. The predicted octanol–water partition coefficient (Wildman–Crippen LogP) is 1.88. The van der Waals surface area contributed by atoms with Crippen LogP contribution in [0.4, 0.5) is 14.5 Å². The molecule has 4 heteroatoms. The fourth-order valence-electron chi connectivity index (χ4n) is 0.797. The molecule has 2 nitrogen and oxygen atoms in total. The molecule has 0 N–H and O–H groups in total. The number of anilines is 1. The first-order chi connectivity index (χ1) is 5.65. The van der Waals surface area contributed by atoms with Crippen LogP contribution in [-0.4, -0.2) is 7.05 Å². The Hall–Kier alpha value is -1.63. The molecule has 0 fully saturated rings. The van der Waals surface area contributed by atoms with E-state index < -0.39 is 11.6 Å². The van der Waals surface area contributed by atoms with Gasteiger partial charge in [0.2, 0.25) is 0 Å². The van der Waals surface area contributed by atoms with E-state index in [4.69, 9.17) is 5.26 Å². The smallest absolute Gasteiger partial charge is 0.184 e. The third kappa shape index (κ3) is 1.51. The van der Waals surface area contributed by atoms with Crippen LogP contribution < -0.4 is 4.90 Å². The third-order valence-electron chi connectivity index (χ3n) is 1.42. The van der Waals surface area contributed by atoms with Crippen LogP contribution in [-0.2, 0) is 0 Å². The van der Waals surface area contributed by atoms with E-state index in [2.05, 4.69) is 0 Å². The van der Waals surface area contributed by atoms with E-state index in [9.17, 15) is 8.78 Å². The van der Waals surface area contributed by atoms with Gasteiger partial charge >= 0.3 is 0 Å². The molecular weight excluding hydrogens is 162 g/mol. The minimum atomic E-state index is -0.611. The molecule has 1 aromatic carbocycles. The molecule has 0 saturated carbocycles. The Balaban J connectivity index is 3.15. The summed E-state index contributed by atoms with van der Waals surface area (Å²) in [5.41, 5.74) is -0.0579. The van der Waals surface area contributed by atoms with Crippen LogP contribution >= 0.6 is 0 Å². The summed E-state index contributed by atoms with van der Waals surface area (Å²) in [6.45, 7) is 0. The Kier molecular flexibility index (Phi) is 2.24. The highest BCUT2D eigenvalue weighted by molar-refractivity contribution is 5.50. The molecule has 0 aliphatic heterocycles. The molecule has 0 aromatic heterocycles. The van der Waals surface area contributed by atoms with Crippen molar-refractivity contribution in [3.8, 4) is 6.19 Å². The first-order valence-electron chi connectivity index (χ1n) is 3.23. The van der Waals surface area contributed by atoms with Crippen LogP contribution in [0.5, 0.6) is 0 Å². The fourth-order valence-corrected chi connectivity index (χ4v) is 0.797. The summed E-state index contributed by atoms with van der Waals surface area (Å²) in [5.74, 6) is -1.17. The number of nitriles is 1. The van der Waals surface area contributed by atoms with Gasteiger partial charge in [-0.15, -0.1) is 0 Å². The van der Waals surface area contributed by atoms with E-state index in [0.717, 1.165) is 23.1 Å². The molecule has 1 rings (SSSR count). The lowest BCUT2D eigenvalue weighted by Crippen LogP contribution is -2.10. The maximum absolute atomic E-state index is 12.8. The van der Waals surface area contributed by atoms with Gasteiger partial charge in [-0.05, 0) is 12.1 Å². The average Bonchev–Trinajstić information content (AvgIpc) is 2.08. The van der Waals surface area contributed by atoms with Gasteiger partial charge in [-0.2, -0.15) is 5.26 Å². The van der Waals surface area contributed by atoms with Gasteiger partial charge in [0, 0.05) is 13.1 Å². The minimum Gasteiger partial charge on any atom is -0.279 e. The molecule has 0 unspecified atom stereocenters. The second-order valence-electron chi connectivity index (χ2n) is 2.25. The number of rotatable bonds is 1. The Labute approximate surface area is 68.6 Å². The zero-order valence-corrected chi connectivity index (χ0v) is 6.38. The predicted molar refractivity (Wildman–Crippen MR) is 40.4 cm³/mol. The van der Waals surface area contributed by atoms with E-state index >= 15 is 0 Å². The third-order valence-corrected chi connectivity index (χ3v) is 1.42. The van der Waals surface area contributed by atoms with Crippen LogP contribution in [0.1, 0.15) is 0 Å². The first kappa shape index (κ1) is 8.47. The zero-order chi connectivity index (χ0) is 9.14. The summed E-state index contributed by atoms with van der Waals surface area (Å²) in [5, 5.41) is 8.39. The average molecular weight is 168 g/mol. The normalized spacial score (nSPS) is 9.17. The molecule has 0 saturated heterocycles. The van der Waals surface area contributed by atoms with Gasteiger partial charge in [0.1, 0.15) is 11.6 Å². The van der Waals surface area contributed by atoms with Crippen molar-refractivity contribution in [2.24, 2.45) is 0 Å². The van der Waals surface area contributed by atoms with Gasteiger partial charge in [0.25, 0.3) is 0 Å². The van der Waals surface area contributed by atoms with E-state index in [1.807, 2.05) is 0 Å². The molecule has 0 atom stereocenters. The molecule has 0 amide bonds. The van der Waals surface area contributed by atoms with Crippen molar-refractivity contribution in [2.75, 3.05) is 11.9 Å². The van der Waals surface area contributed by atoms with Gasteiger partial charge in [0.15, 0.2) is 6.19 Å². The van der Waals surface area contributed by atoms with Crippen molar-refractivity contribution in [1.82, 2.24) is 0 Å². The van der Waals surface area contributed by atoms with E-state index in [1.54, 1.807) is 6.19 Å². The Morgan fingerprint density at radius 1 is 1.42 bits per heavy atom.